The van der Waals surface area contributed by atoms with E-state index in [0.29, 0.717) is 0 Å². The molecule has 0 aromatic heterocycles. The Morgan fingerprint density at radius 2 is 0.633 bits per heavy atom. The van der Waals surface area contributed by atoms with E-state index in [1.54, 1.807) is 0 Å². The van der Waals surface area contributed by atoms with Crippen molar-refractivity contribution in [3.63, 3.8) is 0 Å². The molecule has 25 nitrogen and oxygen atoms in total. The average molecular weight is 723 g/mol. The highest BCUT2D eigenvalue weighted by molar-refractivity contribution is 5.75. The van der Waals surface area contributed by atoms with Gasteiger partial charge in [-0.2, -0.15) is 0 Å². The predicted octanol–water partition coefficient (Wildman–Crippen LogP) is -9.38. The fraction of sp³-hybridized carbons (Fsp3) is 0.833. The van der Waals surface area contributed by atoms with Crippen LogP contribution < -0.4 is 0 Å². The number of aliphatic hydroxyl groups excluding tert-OH is 10. The molecule has 4 aliphatic rings. The number of carboxylic acids is 4. The SMILES string of the molecule is O=C(O)C1O[C@@H](O[C@H]2C(C(=O)O)O[C@@H](O[C@H]3C(C(=O)O)O[C@@H](O[C@H]4C(C(=O)O)O[C@@H](O)C(O)[C@@H]4O)C(O)[C@@H]3O)C(O)[C@@H]2O)C(O)[C@H](O)[C@@H]1O. The van der Waals surface area contributed by atoms with Crippen LogP contribution in [-0.4, -0.2) is 218 Å². The molecule has 4 rings (SSSR count). The number of hydrogen-bond donors (Lipinski definition) is 14. The summed E-state index contributed by atoms with van der Waals surface area (Å²) < 4.78 is 35.3. The molecule has 0 amide bonds. The van der Waals surface area contributed by atoms with Crippen molar-refractivity contribution < 1.29 is 124 Å². The highest BCUT2D eigenvalue weighted by Gasteiger charge is 2.58. The van der Waals surface area contributed by atoms with Crippen molar-refractivity contribution in [1.82, 2.24) is 0 Å². The van der Waals surface area contributed by atoms with Crippen molar-refractivity contribution in [3.05, 3.63) is 0 Å². The van der Waals surface area contributed by atoms with Crippen LogP contribution >= 0.6 is 0 Å². The Hall–Kier alpha value is -2.80. The molecule has 0 spiro atoms. The molecule has 4 heterocycles. The van der Waals surface area contributed by atoms with Gasteiger partial charge in [-0.15, -0.1) is 0 Å². The lowest BCUT2D eigenvalue weighted by Crippen LogP contribution is -2.68. The van der Waals surface area contributed by atoms with Gasteiger partial charge in [0.1, 0.15) is 73.2 Å². The van der Waals surface area contributed by atoms with E-state index in [-0.39, 0.29) is 0 Å². The molecular weight excluding hydrogens is 688 g/mol. The summed E-state index contributed by atoms with van der Waals surface area (Å²) >= 11 is 0. The highest BCUT2D eigenvalue weighted by atomic mass is 16.8. The first kappa shape index (κ1) is 39.0. The van der Waals surface area contributed by atoms with Gasteiger partial charge < -0.3 is 105 Å². The Balaban J connectivity index is 1.51. The van der Waals surface area contributed by atoms with Gasteiger partial charge in [0.05, 0.1) is 0 Å². The topological polar surface area (TPSA) is 416 Å². The fourth-order valence-electron chi connectivity index (χ4n) is 5.43. The average Bonchev–Trinajstić information content (AvgIpc) is 3.03. The van der Waals surface area contributed by atoms with E-state index in [0.717, 1.165) is 0 Å². The van der Waals surface area contributed by atoms with Gasteiger partial charge in [-0.25, -0.2) is 19.2 Å². The second-order valence-corrected chi connectivity index (χ2v) is 11.3. The first-order valence-corrected chi connectivity index (χ1v) is 14.1. The van der Waals surface area contributed by atoms with E-state index in [9.17, 15) is 90.7 Å². The van der Waals surface area contributed by atoms with Crippen LogP contribution in [0.2, 0.25) is 0 Å². The molecule has 4 saturated heterocycles. The number of carboxylic acid groups (broad SMARTS) is 4. The molecule has 0 bridgehead atoms. The van der Waals surface area contributed by atoms with Crippen LogP contribution in [0.3, 0.4) is 0 Å². The second-order valence-electron chi connectivity index (χ2n) is 11.3. The number of hydrogen-bond acceptors (Lipinski definition) is 21. The van der Waals surface area contributed by atoms with Crippen molar-refractivity contribution in [1.29, 1.82) is 0 Å². The molecule has 4 aliphatic heterocycles. The van der Waals surface area contributed by atoms with E-state index < -0.39 is 147 Å². The molecule has 0 aliphatic carbocycles. The third-order valence-electron chi connectivity index (χ3n) is 8.07. The minimum absolute atomic E-state index is 1.84. The number of aliphatic carboxylic acids is 4. The van der Waals surface area contributed by atoms with Crippen molar-refractivity contribution in [3.8, 4) is 0 Å². The molecule has 20 atom stereocenters. The van der Waals surface area contributed by atoms with Crippen LogP contribution in [0, 0.1) is 0 Å². The fourth-order valence-corrected chi connectivity index (χ4v) is 5.43. The minimum Gasteiger partial charge on any atom is -0.479 e. The van der Waals surface area contributed by atoms with Gasteiger partial charge in [0.15, 0.2) is 49.6 Å². The lowest BCUT2D eigenvalue weighted by molar-refractivity contribution is -0.378. The van der Waals surface area contributed by atoms with Crippen LogP contribution in [0.1, 0.15) is 0 Å². The zero-order valence-electron chi connectivity index (χ0n) is 24.3. The van der Waals surface area contributed by atoms with E-state index >= 15 is 0 Å². The van der Waals surface area contributed by atoms with Gasteiger partial charge in [0.25, 0.3) is 0 Å². The summed E-state index contributed by atoms with van der Waals surface area (Å²) in [4.78, 5) is 47.1. The maximum atomic E-state index is 12.1. The van der Waals surface area contributed by atoms with Gasteiger partial charge in [-0.1, -0.05) is 0 Å². The predicted molar refractivity (Wildman–Crippen MR) is 136 cm³/mol. The second kappa shape index (κ2) is 15.2. The monoisotopic (exact) mass is 722 g/mol. The largest absolute Gasteiger partial charge is 0.479 e. The zero-order valence-corrected chi connectivity index (χ0v) is 24.3. The first-order valence-electron chi connectivity index (χ1n) is 14.1. The van der Waals surface area contributed by atoms with Crippen LogP contribution in [0.5, 0.6) is 0 Å². The molecule has 4 fully saturated rings. The third-order valence-corrected chi connectivity index (χ3v) is 8.07. The molecule has 25 heteroatoms. The molecule has 0 aromatic rings. The van der Waals surface area contributed by atoms with Crippen molar-refractivity contribution in [2.24, 2.45) is 0 Å². The van der Waals surface area contributed by atoms with Gasteiger partial charge in [-0.3, -0.25) is 0 Å². The standard InChI is InChI=1S/C24H34O25/c25-1-2(26)13(17(34)35)47-22(7(1)31)45-11-4(28)9(33)24(49-15(11)19(38)39)46-12-5(29)8(32)23(48-16(12)20(40)41)44-10-3(27)6(30)21(42)43-14(10)18(36)37/h1-16,21-33,42H,(H,34,35)(H,36,37)(H,38,39)(H,40,41)/t1-,2+,3+,4+,5+,6?,7?,8?,9?,10-,11-,12-,13?,14?,15?,16?,21-,22-,23-,24-/m1/s1. The molecule has 0 aromatic carbocycles. The van der Waals surface area contributed by atoms with Crippen molar-refractivity contribution in [2.45, 2.75) is 123 Å². The quantitative estimate of drug-likeness (QED) is 0.0995. The lowest BCUT2D eigenvalue weighted by atomic mass is 9.95. The first-order chi connectivity index (χ1) is 22.8. The maximum absolute atomic E-state index is 12.1. The molecule has 49 heavy (non-hydrogen) atoms. The van der Waals surface area contributed by atoms with Gasteiger partial charge in [-0.05, 0) is 0 Å². The van der Waals surface area contributed by atoms with Gasteiger partial charge in [0.2, 0.25) is 0 Å². The molecule has 0 radical (unpaired) electrons. The van der Waals surface area contributed by atoms with E-state index in [1.165, 1.54) is 0 Å². The van der Waals surface area contributed by atoms with E-state index in [1.807, 2.05) is 0 Å². The Morgan fingerprint density at radius 3 is 0.980 bits per heavy atom. The molecule has 8 unspecified atom stereocenters. The van der Waals surface area contributed by atoms with Crippen molar-refractivity contribution in [2.75, 3.05) is 0 Å². The summed E-state index contributed by atoms with van der Waals surface area (Å²) in [6.45, 7) is 0. The van der Waals surface area contributed by atoms with Crippen LogP contribution in [0.4, 0.5) is 0 Å². The zero-order chi connectivity index (χ0) is 36.8. The van der Waals surface area contributed by atoms with Gasteiger partial charge >= 0.3 is 23.9 Å². The van der Waals surface area contributed by atoms with E-state index in [2.05, 4.69) is 4.74 Å². The number of rotatable bonds is 10. The summed E-state index contributed by atoms with van der Waals surface area (Å²) in [7, 11) is 0. The molecular formula is C24H34O25. The molecule has 280 valence electrons. The Morgan fingerprint density at radius 1 is 0.347 bits per heavy atom. The van der Waals surface area contributed by atoms with E-state index in [4.69, 9.17) is 28.4 Å². The number of carbonyl (C=O) groups is 4. The van der Waals surface area contributed by atoms with Crippen LogP contribution in [-0.2, 0) is 52.3 Å². The maximum Gasteiger partial charge on any atom is 0.335 e. The highest BCUT2D eigenvalue weighted by Crippen LogP contribution is 2.34. The Kier molecular flexibility index (Phi) is 12.1. The normalized spacial score (nSPS) is 49.2. The summed E-state index contributed by atoms with van der Waals surface area (Å²) in [5.74, 6) is -7.64. The summed E-state index contributed by atoms with van der Waals surface area (Å²) in [5.41, 5.74) is 0. The summed E-state index contributed by atoms with van der Waals surface area (Å²) in [5, 5.41) is 141. The number of aliphatic hydroxyl groups is 10. The Labute approximate surface area is 271 Å². The number of ether oxygens (including phenoxy) is 7. The smallest absolute Gasteiger partial charge is 0.335 e. The Bertz CT molecular complexity index is 1220. The third kappa shape index (κ3) is 7.62. The lowest BCUT2D eigenvalue weighted by Gasteiger charge is -2.47. The van der Waals surface area contributed by atoms with Crippen LogP contribution in [0.15, 0.2) is 0 Å². The summed E-state index contributed by atoms with van der Waals surface area (Å²) in [6.07, 6.45) is -45.8. The molecule has 0 saturated carbocycles. The van der Waals surface area contributed by atoms with Crippen LogP contribution in [0.25, 0.3) is 0 Å². The molecule has 14 N–H and O–H groups in total. The van der Waals surface area contributed by atoms with Crippen molar-refractivity contribution >= 4 is 23.9 Å². The minimum atomic E-state index is -2.43. The summed E-state index contributed by atoms with van der Waals surface area (Å²) in [6, 6.07) is 0. The van der Waals surface area contributed by atoms with Gasteiger partial charge in [0, 0.05) is 0 Å².